The molecular weight excluding hydrogens is 279 g/mol. The van der Waals surface area contributed by atoms with Gasteiger partial charge in [0.05, 0.1) is 0 Å². The van der Waals surface area contributed by atoms with Gasteiger partial charge in [-0.05, 0) is 60.8 Å². The van der Waals surface area contributed by atoms with E-state index in [4.69, 9.17) is 23.2 Å². The van der Waals surface area contributed by atoms with E-state index >= 15 is 0 Å². The van der Waals surface area contributed by atoms with Crippen molar-refractivity contribution in [3.63, 3.8) is 0 Å². The standard InChI is InChI=1S/C16H18Cl2O/c17-14-3-4-16(18)13(7-14)9-15(19)8-12-6-10-1-2-11(12)5-10/h3-4,7,10-12H,1-2,5-6,8-9H2. The van der Waals surface area contributed by atoms with Crippen molar-refractivity contribution in [1.82, 2.24) is 0 Å². The number of rotatable bonds is 4. The average molecular weight is 297 g/mol. The predicted molar refractivity (Wildman–Crippen MR) is 78.7 cm³/mol. The molecule has 1 aromatic carbocycles. The van der Waals surface area contributed by atoms with E-state index in [0.29, 0.717) is 28.2 Å². The van der Waals surface area contributed by atoms with Crippen molar-refractivity contribution in [3.05, 3.63) is 33.8 Å². The van der Waals surface area contributed by atoms with Crippen molar-refractivity contribution < 1.29 is 4.79 Å². The molecule has 2 saturated carbocycles. The van der Waals surface area contributed by atoms with Crippen molar-refractivity contribution in [2.75, 3.05) is 0 Å². The lowest BCUT2D eigenvalue weighted by Crippen LogP contribution is -2.16. The van der Waals surface area contributed by atoms with E-state index in [1.54, 1.807) is 12.1 Å². The van der Waals surface area contributed by atoms with Crippen LogP contribution < -0.4 is 0 Å². The van der Waals surface area contributed by atoms with Crippen LogP contribution in [0.2, 0.25) is 10.0 Å². The highest BCUT2D eigenvalue weighted by Crippen LogP contribution is 2.49. The molecule has 0 saturated heterocycles. The van der Waals surface area contributed by atoms with Crippen LogP contribution in [0.1, 0.15) is 37.7 Å². The van der Waals surface area contributed by atoms with Crippen LogP contribution in [-0.2, 0) is 11.2 Å². The first-order valence-electron chi connectivity index (χ1n) is 7.07. The summed E-state index contributed by atoms with van der Waals surface area (Å²) < 4.78 is 0. The van der Waals surface area contributed by atoms with E-state index in [1.165, 1.54) is 25.7 Å². The zero-order chi connectivity index (χ0) is 13.4. The van der Waals surface area contributed by atoms with E-state index in [0.717, 1.165) is 23.8 Å². The van der Waals surface area contributed by atoms with Gasteiger partial charge in [0.15, 0.2) is 0 Å². The fourth-order valence-electron chi connectivity index (χ4n) is 3.88. The summed E-state index contributed by atoms with van der Waals surface area (Å²) in [6, 6.07) is 5.33. The third kappa shape index (κ3) is 2.98. The van der Waals surface area contributed by atoms with Crippen molar-refractivity contribution in [1.29, 1.82) is 0 Å². The normalized spacial score (nSPS) is 28.8. The minimum Gasteiger partial charge on any atom is -0.299 e. The van der Waals surface area contributed by atoms with Crippen molar-refractivity contribution in [2.24, 2.45) is 17.8 Å². The first-order chi connectivity index (χ1) is 9.11. The number of fused-ring (bicyclic) bond motifs is 2. The Morgan fingerprint density at radius 3 is 2.74 bits per heavy atom. The molecule has 19 heavy (non-hydrogen) atoms. The zero-order valence-electron chi connectivity index (χ0n) is 10.9. The van der Waals surface area contributed by atoms with Gasteiger partial charge in [-0.3, -0.25) is 4.79 Å². The molecule has 3 unspecified atom stereocenters. The molecule has 0 aliphatic heterocycles. The fraction of sp³-hybridized carbons (Fsp3) is 0.562. The van der Waals surface area contributed by atoms with Gasteiger partial charge < -0.3 is 0 Å². The summed E-state index contributed by atoms with van der Waals surface area (Å²) in [5, 5.41) is 1.29. The number of Topliss-reactive ketones (excluding diaryl/α,β-unsaturated/α-hetero) is 1. The summed E-state index contributed by atoms with van der Waals surface area (Å²) in [5.74, 6) is 2.65. The van der Waals surface area contributed by atoms with Gasteiger partial charge in [0.1, 0.15) is 5.78 Å². The van der Waals surface area contributed by atoms with Gasteiger partial charge in [-0.15, -0.1) is 0 Å². The second-order valence-electron chi connectivity index (χ2n) is 6.09. The van der Waals surface area contributed by atoms with E-state index in [-0.39, 0.29) is 0 Å². The van der Waals surface area contributed by atoms with Crippen LogP contribution in [0.25, 0.3) is 0 Å². The Labute approximate surface area is 124 Å². The van der Waals surface area contributed by atoms with Crippen LogP contribution in [-0.4, -0.2) is 5.78 Å². The summed E-state index contributed by atoms with van der Waals surface area (Å²) in [6.07, 6.45) is 6.49. The Morgan fingerprint density at radius 2 is 2.05 bits per heavy atom. The molecule has 0 aromatic heterocycles. The molecule has 0 amide bonds. The predicted octanol–water partition coefficient (Wildman–Crippen LogP) is 4.93. The first kappa shape index (κ1) is 13.5. The minimum absolute atomic E-state index is 0.307. The number of hydrogen-bond acceptors (Lipinski definition) is 1. The number of carbonyl (C=O) groups excluding carboxylic acids is 1. The summed E-state index contributed by atoms with van der Waals surface area (Å²) in [4.78, 5) is 12.2. The molecule has 0 radical (unpaired) electrons. The molecule has 1 nitrogen and oxygen atoms in total. The highest BCUT2D eigenvalue weighted by Gasteiger charge is 2.39. The van der Waals surface area contributed by atoms with Crippen LogP contribution in [0.3, 0.4) is 0 Å². The van der Waals surface area contributed by atoms with Crippen molar-refractivity contribution in [2.45, 2.75) is 38.5 Å². The van der Waals surface area contributed by atoms with Gasteiger partial charge >= 0.3 is 0 Å². The van der Waals surface area contributed by atoms with Gasteiger partial charge in [0.25, 0.3) is 0 Å². The zero-order valence-corrected chi connectivity index (χ0v) is 12.4. The SMILES string of the molecule is O=C(Cc1cc(Cl)ccc1Cl)CC1CC2CCC1C2. The van der Waals surface area contributed by atoms with E-state index < -0.39 is 0 Å². The third-order valence-electron chi connectivity index (χ3n) is 4.77. The summed E-state index contributed by atoms with van der Waals surface area (Å²) in [6.45, 7) is 0. The Balaban J connectivity index is 1.61. The molecule has 102 valence electrons. The maximum atomic E-state index is 12.2. The number of halogens is 2. The third-order valence-corrected chi connectivity index (χ3v) is 5.37. The van der Waals surface area contributed by atoms with Crippen LogP contribution in [0, 0.1) is 17.8 Å². The van der Waals surface area contributed by atoms with Gasteiger partial charge in [-0.2, -0.15) is 0 Å². The second kappa shape index (κ2) is 5.46. The van der Waals surface area contributed by atoms with E-state index in [1.807, 2.05) is 6.07 Å². The number of carbonyl (C=O) groups is 1. The van der Waals surface area contributed by atoms with E-state index in [2.05, 4.69) is 0 Å². The topological polar surface area (TPSA) is 17.1 Å². The lowest BCUT2D eigenvalue weighted by molar-refractivity contribution is -0.119. The average Bonchev–Trinajstić information content (AvgIpc) is 2.96. The van der Waals surface area contributed by atoms with Gasteiger partial charge in [-0.25, -0.2) is 0 Å². The number of hydrogen-bond donors (Lipinski definition) is 0. The Hall–Kier alpha value is -0.530. The Morgan fingerprint density at radius 1 is 1.21 bits per heavy atom. The molecule has 3 atom stereocenters. The largest absolute Gasteiger partial charge is 0.299 e. The highest BCUT2D eigenvalue weighted by molar-refractivity contribution is 6.33. The fourth-order valence-corrected chi connectivity index (χ4v) is 4.26. The summed E-state index contributed by atoms with van der Waals surface area (Å²) in [5.41, 5.74) is 0.863. The first-order valence-corrected chi connectivity index (χ1v) is 7.83. The second-order valence-corrected chi connectivity index (χ2v) is 6.93. The minimum atomic E-state index is 0.307. The van der Waals surface area contributed by atoms with Gasteiger partial charge in [-0.1, -0.05) is 29.6 Å². The molecule has 1 aromatic rings. The lowest BCUT2D eigenvalue weighted by atomic mass is 9.84. The van der Waals surface area contributed by atoms with Gasteiger partial charge in [0.2, 0.25) is 0 Å². The van der Waals surface area contributed by atoms with Crippen LogP contribution in [0.15, 0.2) is 18.2 Å². The molecule has 3 rings (SSSR count). The summed E-state index contributed by atoms with van der Waals surface area (Å²) >= 11 is 12.1. The molecule has 2 bridgehead atoms. The Kier molecular flexibility index (Phi) is 3.86. The molecule has 0 N–H and O–H groups in total. The monoisotopic (exact) mass is 296 g/mol. The smallest absolute Gasteiger partial charge is 0.137 e. The number of ketones is 1. The number of benzene rings is 1. The molecular formula is C16H18Cl2O. The van der Waals surface area contributed by atoms with E-state index in [9.17, 15) is 4.79 Å². The molecule has 2 aliphatic carbocycles. The van der Waals surface area contributed by atoms with Crippen molar-refractivity contribution >= 4 is 29.0 Å². The maximum Gasteiger partial charge on any atom is 0.137 e. The lowest BCUT2D eigenvalue weighted by Gasteiger charge is -2.20. The van der Waals surface area contributed by atoms with Crippen LogP contribution in [0.4, 0.5) is 0 Å². The quantitative estimate of drug-likeness (QED) is 0.770. The van der Waals surface area contributed by atoms with Crippen molar-refractivity contribution in [3.8, 4) is 0 Å². The maximum absolute atomic E-state index is 12.2. The highest BCUT2D eigenvalue weighted by atomic mass is 35.5. The molecule has 2 aliphatic rings. The molecule has 3 heteroatoms. The molecule has 0 spiro atoms. The Bertz CT molecular complexity index is 498. The molecule has 2 fully saturated rings. The molecule has 0 heterocycles. The summed E-state index contributed by atoms with van der Waals surface area (Å²) in [7, 11) is 0. The van der Waals surface area contributed by atoms with Gasteiger partial charge in [0, 0.05) is 22.9 Å². The van der Waals surface area contributed by atoms with Crippen LogP contribution in [0.5, 0.6) is 0 Å². The van der Waals surface area contributed by atoms with Crippen LogP contribution >= 0.6 is 23.2 Å².